The van der Waals surface area contributed by atoms with Crippen molar-refractivity contribution in [2.24, 2.45) is 0 Å². The summed E-state index contributed by atoms with van der Waals surface area (Å²) in [5.41, 5.74) is -1.38. The molecule has 1 aromatic rings. The number of aldehydes is 1. The number of benzene rings is 1. The van der Waals surface area contributed by atoms with E-state index in [9.17, 15) is 18.0 Å². The molecule has 0 radical (unpaired) electrons. The van der Waals surface area contributed by atoms with Crippen molar-refractivity contribution in [3.63, 3.8) is 0 Å². The van der Waals surface area contributed by atoms with Crippen LogP contribution < -0.4 is 0 Å². The minimum Gasteiger partial charge on any atom is -0.507 e. The van der Waals surface area contributed by atoms with Gasteiger partial charge in [-0.05, 0) is 28.1 Å². The third-order valence-corrected chi connectivity index (χ3v) is 2.23. The predicted molar refractivity (Wildman–Crippen MR) is 46.2 cm³/mol. The second kappa shape index (κ2) is 3.61. The average Bonchev–Trinajstić information content (AvgIpc) is 2.02. The van der Waals surface area contributed by atoms with E-state index in [4.69, 9.17) is 5.11 Å². The summed E-state index contributed by atoms with van der Waals surface area (Å²) in [5, 5.41) is 8.98. The monoisotopic (exact) mass is 268 g/mol. The van der Waals surface area contributed by atoms with E-state index in [1.54, 1.807) is 0 Å². The first kappa shape index (κ1) is 11.0. The molecule has 0 heterocycles. The van der Waals surface area contributed by atoms with E-state index in [1.807, 2.05) is 0 Å². The molecule has 6 heteroatoms. The van der Waals surface area contributed by atoms with Crippen LogP contribution >= 0.6 is 15.9 Å². The molecule has 2 nitrogen and oxygen atoms in total. The first-order chi connectivity index (χ1) is 6.36. The molecule has 0 aliphatic heterocycles. The smallest absolute Gasteiger partial charge is 0.419 e. The predicted octanol–water partition coefficient (Wildman–Crippen LogP) is 2.99. The molecule has 1 rings (SSSR count). The molecule has 0 spiro atoms. The van der Waals surface area contributed by atoms with Gasteiger partial charge in [0.2, 0.25) is 0 Å². The Balaban J connectivity index is 3.39. The second-order valence-electron chi connectivity index (χ2n) is 2.51. The van der Waals surface area contributed by atoms with E-state index in [0.717, 1.165) is 6.07 Å². The van der Waals surface area contributed by atoms with Crippen LogP contribution in [0.25, 0.3) is 0 Å². The minimum absolute atomic E-state index is 0.123. The highest BCUT2D eigenvalue weighted by molar-refractivity contribution is 9.10. The van der Waals surface area contributed by atoms with Crippen LogP contribution in [0.1, 0.15) is 15.9 Å². The fourth-order valence-corrected chi connectivity index (χ4v) is 1.32. The van der Waals surface area contributed by atoms with Crippen molar-refractivity contribution in [3.8, 4) is 5.75 Å². The van der Waals surface area contributed by atoms with Gasteiger partial charge in [0, 0.05) is 10.0 Å². The number of carbonyl (C=O) groups is 1. The van der Waals surface area contributed by atoms with E-state index in [0.29, 0.717) is 6.07 Å². The zero-order chi connectivity index (χ0) is 10.9. The van der Waals surface area contributed by atoms with E-state index in [1.165, 1.54) is 0 Å². The largest absolute Gasteiger partial charge is 0.507 e. The maximum atomic E-state index is 12.2. The molecule has 14 heavy (non-hydrogen) atoms. The van der Waals surface area contributed by atoms with Gasteiger partial charge in [0.25, 0.3) is 0 Å². The summed E-state index contributed by atoms with van der Waals surface area (Å²) in [7, 11) is 0. The number of hydrogen-bond donors (Lipinski definition) is 1. The molecule has 1 N–H and O–H groups in total. The standard InChI is InChI=1S/C8H4BrF3O2/c9-6-2-7(14)5(8(10,11)12)1-4(6)3-13/h1-3,14H. The van der Waals surface area contributed by atoms with E-state index in [-0.39, 0.29) is 16.3 Å². The van der Waals surface area contributed by atoms with Gasteiger partial charge in [0.15, 0.2) is 6.29 Å². The molecular weight excluding hydrogens is 265 g/mol. The molecule has 76 valence electrons. The van der Waals surface area contributed by atoms with E-state index < -0.39 is 17.5 Å². The Kier molecular flexibility index (Phi) is 2.84. The third kappa shape index (κ3) is 2.06. The van der Waals surface area contributed by atoms with Gasteiger partial charge in [-0.25, -0.2) is 0 Å². The first-order valence-corrected chi connectivity index (χ1v) is 4.20. The molecule has 0 aromatic heterocycles. The summed E-state index contributed by atoms with van der Waals surface area (Å²) in [6.07, 6.45) is -4.39. The molecule has 0 unspecified atom stereocenters. The molecule has 0 saturated heterocycles. The van der Waals surface area contributed by atoms with Crippen LogP contribution in [0.3, 0.4) is 0 Å². The third-order valence-electron chi connectivity index (χ3n) is 1.55. The fourth-order valence-electron chi connectivity index (χ4n) is 0.897. The van der Waals surface area contributed by atoms with Crippen molar-refractivity contribution < 1.29 is 23.1 Å². The topological polar surface area (TPSA) is 37.3 Å². The number of carbonyl (C=O) groups excluding carboxylic acids is 1. The molecule has 0 amide bonds. The second-order valence-corrected chi connectivity index (χ2v) is 3.36. The Bertz CT molecular complexity index is 374. The first-order valence-electron chi connectivity index (χ1n) is 3.41. The Morgan fingerprint density at radius 1 is 1.36 bits per heavy atom. The van der Waals surface area contributed by atoms with Crippen LogP contribution in [0.15, 0.2) is 16.6 Å². The summed E-state index contributed by atoms with van der Waals surface area (Å²) < 4.78 is 36.7. The number of alkyl halides is 3. The van der Waals surface area contributed by atoms with Crippen molar-refractivity contribution in [2.75, 3.05) is 0 Å². The van der Waals surface area contributed by atoms with Crippen LogP contribution in [0.2, 0.25) is 0 Å². The maximum Gasteiger partial charge on any atom is 0.419 e. The zero-order valence-corrected chi connectivity index (χ0v) is 8.19. The molecule has 0 atom stereocenters. The van der Waals surface area contributed by atoms with Gasteiger partial charge >= 0.3 is 6.18 Å². The normalized spacial score (nSPS) is 11.4. The Labute approximate surface area is 85.5 Å². The van der Waals surface area contributed by atoms with Gasteiger partial charge in [0.05, 0.1) is 5.56 Å². The van der Waals surface area contributed by atoms with E-state index >= 15 is 0 Å². The number of phenols is 1. The number of hydrogen-bond acceptors (Lipinski definition) is 2. The van der Waals surface area contributed by atoms with Gasteiger partial charge in [0.1, 0.15) is 5.75 Å². The fraction of sp³-hybridized carbons (Fsp3) is 0.125. The summed E-state index contributed by atoms with van der Waals surface area (Å²) in [6.45, 7) is 0. The molecule has 0 aliphatic rings. The Morgan fingerprint density at radius 2 is 1.93 bits per heavy atom. The molecular formula is C8H4BrF3O2. The van der Waals surface area contributed by atoms with Gasteiger partial charge in [-0.2, -0.15) is 13.2 Å². The van der Waals surface area contributed by atoms with Gasteiger partial charge in [-0.3, -0.25) is 4.79 Å². The van der Waals surface area contributed by atoms with Crippen molar-refractivity contribution >= 4 is 22.2 Å². The maximum absolute atomic E-state index is 12.2. The lowest BCUT2D eigenvalue weighted by Gasteiger charge is -2.09. The average molecular weight is 269 g/mol. The zero-order valence-electron chi connectivity index (χ0n) is 6.60. The van der Waals surface area contributed by atoms with Crippen molar-refractivity contribution in [2.45, 2.75) is 6.18 Å². The number of rotatable bonds is 1. The summed E-state index contributed by atoms with van der Waals surface area (Å²) >= 11 is 2.85. The lowest BCUT2D eigenvalue weighted by atomic mass is 10.1. The van der Waals surface area contributed by atoms with Gasteiger partial charge < -0.3 is 5.11 Å². The van der Waals surface area contributed by atoms with Crippen molar-refractivity contribution in [1.29, 1.82) is 0 Å². The lowest BCUT2D eigenvalue weighted by molar-refractivity contribution is -0.138. The van der Waals surface area contributed by atoms with E-state index in [2.05, 4.69) is 15.9 Å². The summed E-state index contributed by atoms with van der Waals surface area (Å²) in [5.74, 6) is -0.907. The molecule has 0 aliphatic carbocycles. The van der Waals surface area contributed by atoms with Crippen LogP contribution in [-0.2, 0) is 6.18 Å². The highest BCUT2D eigenvalue weighted by Crippen LogP contribution is 2.38. The van der Waals surface area contributed by atoms with Crippen LogP contribution in [0, 0.1) is 0 Å². The highest BCUT2D eigenvalue weighted by Gasteiger charge is 2.34. The number of aromatic hydroxyl groups is 1. The summed E-state index contributed by atoms with van der Waals surface area (Å²) in [6, 6.07) is 1.43. The van der Waals surface area contributed by atoms with Crippen molar-refractivity contribution in [1.82, 2.24) is 0 Å². The lowest BCUT2D eigenvalue weighted by Crippen LogP contribution is -2.06. The van der Waals surface area contributed by atoms with Gasteiger partial charge in [-0.1, -0.05) is 0 Å². The number of halogens is 4. The van der Waals surface area contributed by atoms with Crippen LogP contribution in [0.4, 0.5) is 13.2 Å². The van der Waals surface area contributed by atoms with Gasteiger partial charge in [-0.15, -0.1) is 0 Å². The molecule has 0 fully saturated rings. The Hall–Kier alpha value is -1.04. The Morgan fingerprint density at radius 3 is 2.36 bits per heavy atom. The SMILES string of the molecule is O=Cc1cc(C(F)(F)F)c(O)cc1Br. The number of phenolic OH excluding ortho intramolecular Hbond substituents is 1. The quantitative estimate of drug-likeness (QED) is 0.796. The van der Waals surface area contributed by atoms with Crippen LogP contribution in [0.5, 0.6) is 5.75 Å². The van der Waals surface area contributed by atoms with Crippen molar-refractivity contribution in [3.05, 3.63) is 27.7 Å². The molecule has 0 bridgehead atoms. The van der Waals surface area contributed by atoms with Crippen LogP contribution in [-0.4, -0.2) is 11.4 Å². The summed E-state index contributed by atoms with van der Waals surface area (Å²) in [4.78, 5) is 10.3. The minimum atomic E-state index is -4.66. The molecule has 0 saturated carbocycles. The highest BCUT2D eigenvalue weighted by atomic mass is 79.9. The molecule has 1 aromatic carbocycles.